The molecule has 0 amide bonds. The zero-order valence-electron chi connectivity index (χ0n) is 9.39. The first kappa shape index (κ1) is 15.6. The van der Waals surface area contributed by atoms with Crippen molar-refractivity contribution in [3.8, 4) is 0 Å². The number of aromatic nitrogens is 1. The molecule has 1 rings (SSSR count). The number of carbonyl (C=O) groups excluding carboxylic acids is 1. The molecule has 0 radical (unpaired) electrons. The van der Waals surface area contributed by atoms with Crippen molar-refractivity contribution in [2.75, 3.05) is 7.11 Å². The third-order valence-electron chi connectivity index (χ3n) is 2.16. The fourth-order valence-corrected chi connectivity index (χ4v) is 1.52. The van der Waals surface area contributed by atoms with Gasteiger partial charge < -0.3 is 4.74 Å². The van der Waals surface area contributed by atoms with E-state index in [1.54, 1.807) is 0 Å². The van der Waals surface area contributed by atoms with Crippen LogP contribution in [0.5, 0.6) is 0 Å². The molecule has 9 heteroatoms. The summed E-state index contributed by atoms with van der Waals surface area (Å²) in [6, 6.07) is 0.193. The largest absolute Gasteiger partial charge is 0.469 e. The van der Waals surface area contributed by atoms with Gasteiger partial charge in [0, 0.05) is 0 Å². The predicted molar refractivity (Wildman–Crippen MR) is 54.9 cm³/mol. The topological polar surface area (TPSA) is 39.2 Å². The Kier molecular flexibility index (Phi) is 4.67. The summed E-state index contributed by atoms with van der Waals surface area (Å²) in [5.74, 6) is -0.987. The van der Waals surface area contributed by atoms with E-state index in [0.717, 1.165) is 7.11 Å². The number of nitrogens with zero attached hydrogens (tertiary/aromatic N) is 1. The number of hydrogen-bond donors (Lipinski definition) is 0. The second-order valence-corrected chi connectivity index (χ2v) is 3.77. The average Bonchev–Trinajstić information content (AvgIpc) is 2.26. The van der Waals surface area contributed by atoms with Crippen LogP contribution in [0.25, 0.3) is 0 Å². The molecule has 0 aliphatic rings. The molecule has 0 fully saturated rings. The van der Waals surface area contributed by atoms with E-state index >= 15 is 0 Å². The lowest BCUT2D eigenvalue weighted by Crippen LogP contribution is -2.16. The van der Waals surface area contributed by atoms with Gasteiger partial charge in [0.1, 0.15) is 5.15 Å². The van der Waals surface area contributed by atoms with Gasteiger partial charge in [0.2, 0.25) is 0 Å². The van der Waals surface area contributed by atoms with Crippen LogP contribution in [-0.4, -0.2) is 18.1 Å². The molecule has 0 saturated heterocycles. The molecule has 0 spiro atoms. The van der Waals surface area contributed by atoms with Crippen LogP contribution < -0.4 is 0 Å². The summed E-state index contributed by atoms with van der Waals surface area (Å²) in [4.78, 5) is 14.2. The Bertz CT molecular complexity index is 490. The van der Waals surface area contributed by atoms with Gasteiger partial charge in [-0.2, -0.15) is 13.2 Å². The molecule has 0 atom stereocenters. The standard InChI is InChI=1S/C10H7ClF5NO2/c1-19-7(18)3-6-5(10(14,15)16)2-4(9(12)13)8(11)17-6/h2,9H,3H2,1H3. The average molecular weight is 304 g/mol. The second kappa shape index (κ2) is 5.68. The number of rotatable bonds is 3. The van der Waals surface area contributed by atoms with Crippen LogP contribution in [0, 0.1) is 0 Å². The molecule has 0 unspecified atom stereocenters. The summed E-state index contributed by atoms with van der Waals surface area (Å²) in [7, 11) is 0.977. The minimum atomic E-state index is -4.93. The van der Waals surface area contributed by atoms with E-state index in [-0.39, 0.29) is 6.07 Å². The number of esters is 1. The fraction of sp³-hybridized carbons (Fsp3) is 0.400. The molecule has 0 aliphatic heterocycles. The molecule has 1 heterocycles. The second-order valence-electron chi connectivity index (χ2n) is 3.41. The predicted octanol–water partition coefficient (Wildman–Crippen LogP) is 3.41. The molecular formula is C10H7ClF5NO2. The molecule has 1 aromatic rings. The summed E-state index contributed by atoms with van der Waals surface area (Å²) >= 11 is 5.36. The van der Waals surface area contributed by atoms with E-state index < -0.39 is 47.0 Å². The Labute approximate surface area is 109 Å². The van der Waals surface area contributed by atoms with Crippen LogP contribution in [0.3, 0.4) is 0 Å². The molecule has 1 aromatic heterocycles. The van der Waals surface area contributed by atoms with Crippen molar-refractivity contribution in [1.29, 1.82) is 0 Å². The highest BCUT2D eigenvalue weighted by molar-refractivity contribution is 6.30. The van der Waals surface area contributed by atoms with Crippen LogP contribution in [0.2, 0.25) is 5.15 Å². The molecule has 19 heavy (non-hydrogen) atoms. The highest BCUT2D eigenvalue weighted by atomic mass is 35.5. The lowest BCUT2D eigenvalue weighted by molar-refractivity contribution is -0.141. The first-order chi connectivity index (χ1) is 8.66. The summed E-state index contributed by atoms with van der Waals surface area (Å²) in [6.45, 7) is 0. The molecule has 106 valence electrons. The number of halogens is 6. The van der Waals surface area contributed by atoms with E-state index in [1.807, 2.05) is 0 Å². The van der Waals surface area contributed by atoms with E-state index in [2.05, 4.69) is 9.72 Å². The minimum Gasteiger partial charge on any atom is -0.469 e. The Balaban J connectivity index is 3.37. The number of ether oxygens (including phenoxy) is 1. The van der Waals surface area contributed by atoms with Crippen molar-refractivity contribution in [1.82, 2.24) is 4.98 Å². The van der Waals surface area contributed by atoms with Gasteiger partial charge in [0.15, 0.2) is 0 Å². The van der Waals surface area contributed by atoms with E-state index in [9.17, 15) is 26.7 Å². The number of pyridine rings is 1. The monoisotopic (exact) mass is 303 g/mol. The number of alkyl halides is 5. The lowest BCUT2D eigenvalue weighted by atomic mass is 10.1. The van der Waals surface area contributed by atoms with E-state index in [0.29, 0.717) is 0 Å². The summed E-state index contributed by atoms with van der Waals surface area (Å²) in [5, 5.41) is -0.776. The number of methoxy groups -OCH3 is 1. The summed E-state index contributed by atoms with van der Waals surface area (Å²) in [6.07, 6.45) is -8.94. The van der Waals surface area contributed by atoms with Gasteiger partial charge >= 0.3 is 12.1 Å². The van der Waals surface area contributed by atoms with Crippen LogP contribution in [0.1, 0.15) is 23.2 Å². The maximum absolute atomic E-state index is 12.7. The SMILES string of the molecule is COC(=O)Cc1nc(Cl)c(C(F)F)cc1C(F)(F)F. The lowest BCUT2D eigenvalue weighted by Gasteiger charge is -2.14. The van der Waals surface area contributed by atoms with Crippen LogP contribution in [0.15, 0.2) is 6.07 Å². The van der Waals surface area contributed by atoms with E-state index in [1.165, 1.54) is 0 Å². The summed E-state index contributed by atoms with van der Waals surface area (Å²) < 4.78 is 67.2. The first-order valence-electron chi connectivity index (χ1n) is 4.78. The Morgan fingerprint density at radius 2 is 2.05 bits per heavy atom. The molecule has 3 nitrogen and oxygen atoms in total. The molecular weight excluding hydrogens is 297 g/mol. The van der Waals surface area contributed by atoms with Crippen LogP contribution in [-0.2, 0) is 22.1 Å². The molecule has 0 N–H and O–H groups in total. The van der Waals surface area contributed by atoms with Crippen molar-refractivity contribution in [3.05, 3.63) is 28.0 Å². The van der Waals surface area contributed by atoms with Crippen molar-refractivity contribution >= 4 is 17.6 Å². The van der Waals surface area contributed by atoms with Crippen molar-refractivity contribution in [2.45, 2.75) is 19.0 Å². The van der Waals surface area contributed by atoms with Crippen LogP contribution in [0.4, 0.5) is 22.0 Å². The smallest absolute Gasteiger partial charge is 0.418 e. The molecule has 0 aliphatic carbocycles. The Hall–Kier alpha value is -1.44. The van der Waals surface area contributed by atoms with Gasteiger partial charge in [-0.15, -0.1) is 0 Å². The normalized spacial score (nSPS) is 11.8. The Morgan fingerprint density at radius 1 is 1.47 bits per heavy atom. The number of hydrogen-bond acceptors (Lipinski definition) is 3. The van der Waals surface area contributed by atoms with Gasteiger partial charge in [-0.25, -0.2) is 13.8 Å². The highest BCUT2D eigenvalue weighted by Gasteiger charge is 2.36. The fourth-order valence-electron chi connectivity index (χ4n) is 1.28. The van der Waals surface area contributed by atoms with Crippen molar-refractivity contribution < 1.29 is 31.5 Å². The van der Waals surface area contributed by atoms with Gasteiger partial charge in [-0.05, 0) is 6.07 Å². The third kappa shape index (κ3) is 3.76. The molecule has 0 aromatic carbocycles. The van der Waals surface area contributed by atoms with Gasteiger partial charge in [0.25, 0.3) is 6.43 Å². The zero-order chi connectivity index (χ0) is 14.8. The van der Waals surface area contributed by atoms with Crippen molar-refractivity contribution in [2.24, 2.45) is 0 Å². The zero-order valence-corrected chi connectivity index (χ0v) is 10.1. The van der Waals surface area contributed by atoms with Gasteiger partial charge in [-0.3, -0.25) is 4.79 Å². The molecule has 0 saturated carbocycles. The van der Waals surface area contributed by atoms with Gasteiger partial charge in [0.05, 0.1) is 30.4 Å². The quantitative estimate of drug-likeness (QED) is 0.488. The van der Waals surface area contributed by atoms with Gasteiger partial charge in [-0.1, -0.05) is 11.6 Å². The molecule has 0 bridgehead atoms. The van der Waals surface area contributed by atoms with Crippen LogP contribution >= 0.6 is 11.6 Å². The number of carbonyl (C=O) groups is 1. The van der Waals surface area contributed by atoms with Crippen molar-refractivity contribution in [3.63, 3.8) is 0 Å². The third-order valence-corrected chi connectivity index (χ3v) is 2.46. The Morgan fingerprint density at radius 3 is 2.47 bits per heavy atom. The first-order valence-corrected chi connectivity index (χ1v) is 5.16. The highest BCUT2D eigenvalue weighted by Crippen LogP contribution is 2.36. The maximum atomic E-state index is 12.7. The van der Waals surface area contributed by atoms with E-state index in [4.69, 9.17) is 11.6 Å². The maximum Gasteiger partial charge on any atom is 0.418 e. The minimum absolute atomic E-state index is 0.193. The summed E-state index contributed by atoms with van der Waals surface area (Å²) in [5.41, 5.74) is -3.23.